The van der Waals surface area contributed by atoms with E-state index in [1.165, 1.54) is 23.9 Å². The first-order chi connectivity index (χ1) is 15.1. The second kappa shape index (κ2) is 9.73. The molecular weight excluding hydrogens is 417 g/mol. The summed E-state index contributed by atoms with van der Waals surface area (Å²) in [7, 11) is 0. The predicted octanol–water partition coefficient (Wildman–Crippen LogP) is 3.87. The molecule has 0 radical (unpaired) electrons. The van der Waals surface area contributed by atoms with Crippen molar-refractivity contribution in [3.05, 3.63) is 59.9 Å². The number of nitrogens with zero attached hydrogens (tertiary/aromatic N) is 4. The molecule has 0 aliphatic carbocycles. The van der Waals surface area contributed by atoms with E-state index in [1.54, 1.807) is 36.4 Å². The summed E-state index contributed by atoms with van der Waals surface area (Å²) < 4.78 is 21.0. The fraction of sp³-hybridized carbons (Fsp3) is 0.273. The third-order valence-corrected chi connectivity index (χ3v) is 5.83. The normalized spacial score (nSPS) is 15.5. The number of ether oxygens (including phenoxy) is 1. The van der Waals surface area contributed by atoms with Crippen molar-refractivity contribution in [2.75, 3.05) is 17.7 Å². The van der Waals surface area contributed by atoms with Gasteiger partial charge in [-0.3, -0.25) is 9.36 Å². The number of hydrogen-bond donors (Lipinski definition) is 1. The number of halogens is 1. The maximum Gasteiger partial charge on any atom is 0.234 e. The van der Waals surface area contributed by atoms with Crippen LogP contribution in [0.25, 0.3) is 11.4 Å². The number of anilines is 1. The second-order valence-electron chi connectivity index (χ2n) is 7.08. The average molecular weight is 438 g/mol. The quantitative estimate of drug-likeness (QED) is 0.564. The molecule has 3 aromatic rings. The van der Waals surface area contributed by atoms with Gasteiger partial charge in [0.1, 0.15) is 5.82 Å². The molecule has 1 aromatic heterocycles. The third-order valence-electron chi connectivity index (χ3n) is 4.86. The van der Waals surface area contributed by atoms with Crippen molar-refractivity contribution < 1.29 is 13.9 Å². The van der Waals surface area contributed by atoms with Gasteiger partial charge in [0.2, 0.25) is 5.91 Å². The molecule has 4 rings (SSSR count). The Morgan fingerprint density at radius 1 is 1.23 bits per heavy atom. The Kier molecular flexibility index (Phi) is 6.60. The minimum Gasteiger partial charge on any atom is -0.376 e. The van der Waals surface area contributed by atoms with E-state index < -0.39 is 0 Å². The lowest BCUT2D eigenvalue weighted by Crippen LogP contribution is -2.18. The van der Waals surface area contributed by atoms with E-state index in [4.69, 9.17) is 10.00 Å². The number of aromatic nitrogens is 3. The maximum absolute atomic E-state index is 13.3. The van der Waals surface area contributed by atoms with Gasteiger partial charge in [-0.05, 0) is 61.4 Å². The maximum atomic E-state index is 13.3. The van der Waals surface area contributed by atoms with Crippen LogP contribution in [0.5, 0.6) is 0 Å². The topological polar surface area (TPSA) is 92.8 Å². The molecule has 0 spiro atoms. The van der Waals surface area contributed by atoms with Crippen LogP contribution in [-0.2, 0) is 16.1 Å². The number of rotatable bonds is 7. The second-order valence-corrected chi connectivity index (χ2v) is 8.03. The Morgan fingerprint density at radius 2 is 2.00 bits per heavy atom. The highest BCUT2D eigenvalue weighted by Gasteiger charge is 2.22. The SMILES string of the molecule is N#Cc1ccc(NC(=O)CSc2nnc(-c3ccc(F)cc3)n2CC2CCCO2)cc1. The molecule has 1 fully saturated rings. The molecule has 1 saturated heterocycles. The zero-order chi connectivity index (χ0) is 21.6. The number of nitriles is 1. The van der Waals surface area contributed by atoms with Crippen molar-refractivity contribution >= 4 is 23.4 Å². The molecular formula is C22H20FN5O2S. The standard InChI is InChI=1S/C22H20FN5O2S/c23-17-7-5-16(6-8-17)21-26-27-22(28(21)13-19-2-1-11-30-19)31-14-20(29)25-18-9-3-15(12-24)4-10-18/h3-10,19H,1-2,11,13-14H2,(H,25,29). The summed E-state index contributed by atoms with van der Waals surface area (Å²) in [6, 6.07) is 14.8. The highest BCUT2D eigenvalue weighted by Crippen LogP contribution is 2.27. The summed E-state index contributed by atoms with van der Waals surface area (Å²) in [5, 5.41) is 20.8. The van der Waals surface area contributed by atoms with E-state index in [0.717, 1.165) is 25.0 Å². The largest absolute Gasteiger partial charge is 0.376 e. The fourth-order valence-corrected chi connectivity index (χ4v) is 4.07. The van der Waals surface area contributed by atoms with E-state index in [9.17, 15) is 9.18 Å². The summed E-state index contributed by atoms with van der Waals surface area (Å²) in [5.74, 6) is 0.255. The highest BCUT2D eigenvalue weighted by molar-refractivity contribution is 7.99. The van der Waals surface area contributed by atoms with E-state index in [0.29, 0.717) is 28.8 Å². The molecule has 7 nitrogen and oxygen atoms in total. The monoisotopic (exact) mass is 437 g/mol. The lowest BCUT2D eigenvalue weighted by atomic mass is 10.2. The Bertz CT molecular complexity index is 1090. The molecule has 2 heterocycles. The van der Waals surface area contributed by atoms with Crippen LogP contribution in [0.4, 0.5) is 10.1 Å². The smallest absolute Gasteiger partial charge is 0.234 e. The minimum absolute atomic E-state index is 0.0574. The zero-order valence-electron chi connectivity index (χ0n) is 16.6. The van der Waals surface area contributed by atoms with Crippen LogP contribution < -0.4 is 5.32 Å². The first-order valence-electron chi connectivity index (χ1n) is 9.86. The summed E-state index contributed by atoms with van der Waals surface area (Å²) in [4.78, 5) is 12.4. The fourth-order valence-electron chi connectivity index (χ4n) is 3.32. The first-order valence-corrected chi connectivity index (χ1v) is 10.8. The molecule has 1 unspecified atom stereocenters. The van der Waals surface area contributed by atoms with E-state index >= 15 is 0 Å². The van der Waals surface area contributed by atoms with Gasteiger partial charge in [-0.2, -0.15) is 5.26 Å². The molecule has 1 N–H and O–H groups in total. The Balaban J connectivity index is 1.48. The van der Waals surface area contributed by atoms with Crippen molar-refractivity contribution in [3.63, 3.8) is 0 Å². The van der Waals surface area contributed by atoms with Gasteiger partial charge in [-0.1, -0.05) is 11.8 Å². The van der Waals surface area contributed by atoms with Gasteiger partial charge in [0.25, 0.3) is 0 Å². The molecule has 0 bridgehead atoms. The summed E-state index contributed by atoms with van der Waals surface area (Å²) in [5.41, 5.74) is 1.90. The van der Waals surface area contributed by atoms with Crippen molar-refractivity contribution in [1.82, 2.24) is 14.8 Å². The molecule has 2 aromatic carbocycles. The molecule has 0 saturated carbocycles. The van der Waals surface area contributed by atoms with Gasteiger partial charge in [-0.25, -0.2) is 4.39 Å². The van der Waals surface area contributed by atoms with Gasteiger partial charge in [0.15, 0.2) is 11.0 Å². The van der Waals surface area contributed by atoms with Crippen molar-refractivity contribution in [1.29, 1.82) is 5.26 Å². The Morgan fingerprint density at radius 3 is 2.68 bits per heavy atom. The number of nitrogens with one attached hydrogen (secondary N) is 1. The molecule has 1 aliphatic heterocycles. The van der Waals surface area contributed by atoms with Crippen LogP contribution in [0, 0.1) is 17.1 Å². The van der Waals surface area contributed by atoms with Crippen LogP contribution in [0.3, 0.4) is 0 Å². The molecule has 1 amide bonds. The van der Waals surface area contributed by atoms with Gasteiger partial charge in [0.05, 0.1) is 30.0 Å². The predicted molar refractivity (Wildman–Crippen MR) is 115 cm³/mol. The van der Waals surface area contributed by atoms with Gasteiger partial charge in [-0.15, -0.1) is 10.2 Å². The Hall–Kier alpha value is -3.22. The van der Waals surface area contributed by atoms with E-state index in [2.05, 4.69) is 15.5 Å². The van der Waals surface area contributed by atoms with E-state index in [-0.39, 0.29) is 23.6 Å². The van der Waals surface area contributed by atoms with E-state index in [1.807, 2.05) is 10.6 Å². The van der Waals surface area contributed by atoms with Crippen molar-refractivity contribution in [3.8, 4) is 17.5 Å². The highest BCUT2D eigenvalue weighted by atomic mass is 32.2. The van der Waals surface area contributed by atoms with Gasteiger partial charge >= 0.3 is 0 Å². The molecule has 158 valence electrons. The van der Waals surface area contributed by atoms with Crippen molar-refractivity contribution in [2.24, 2.45) is 0 Å². The molecule has 1 atom stereocenters. The number of carbonyl (C=O) groups excluding carboxylic acids is 1. The molecule has 1 aliphatic rings. The number of amides is 1. The number of thioether (sulfide) groups is 1. The van der Waals surface area contributed by atoms with Gasteiger partial charge in [0, 0.05) is 17.9 Å². The minimum atomic E-state index is -0.317. The number of carbonyl (C=O) groups is 1. The van der Waals surface area contributed by atoms with Crippen LogP contribution in [0.2, 0.25) is 0 Å². The van der Waals surface area contributed by atoms with Gasteiger partial charge < -0.3 is 10.1 Å². The lowest BCUT2D eigenvalue weighted by Gasteiger charge is -2.14. The summed E-state index contributed by atoms with van der Waals surface area (Å²) in [6.07, 6.45) is 2.01. The average Bonchev–Trinajstić information content (AvgIpc) is 3.44. The summed E-state index contributed by atoms with van der Waals surface area (Å²) in [6.45, 7) is 1.30. The summed E-state index contributed by atoms with van der Waals surface area (Å²) >= 11 is 1.28. The first kappa shape index (κ1) is 21.0. The van der Waals surface area contributed by atoms with Crippen LogP contribution >= 0.6 is 11.8 Å². The van der Waals surface area contributed by atoms with Crippen LogP contribution in [0.1, 0.15) is 18.4 Å². The number of benzene rings is 2. The molecule has 9 heteroatoms. The van der Waals surface area contributed by atoms with Crippen LogP contribution in [0.15, 0.2) is 53.7 Å². The third kappa shape index (κ3) is 5.29. The van der Waals surface area contributed by atoms with Crippen LogP contribution in [-0.4, -0.2) is 39.1 Å². The van der Waals surface area contributed by atoms with Crippen molar-refractivity contribution in [2.45, 2.75) is 30.6 Å². The molecule has 31 heavy (non-hydrogen) atoms. The Labute approximate surface area is 183 Å². The zero-order valence-corrected chi connectivity index (χ0v) is 17.4. The number of hydrogen-bond acceptors (Lipinski definition) is 6. The lowest BCUT2D eigenvalue weighted by molar-refractivity contribution is -0.113.